The lowest BCUT2D eigenvalue weighted by Crippen LogP contribution is -2.55. The molecule has 40 heavy (non-hydrogen) atoms. The van der Waals surface area contributed by atoms with Crippen molar-refractivity contribution in [1.29, 1.82) is 0 Å². The van der Waals surface area contributed by atoms with Crippen molar-refractivity contribution in [2.24, 2.45) is 11.8 Å². The van der Waals surface area contributed by atoms with Gasteiger partial charge in [-0.3, -0.25) is 14.4 Å². The Labute approximate surface area is 245 Å². The zero-order chi connectivity index (χ0) is 28.4. The maximum atomic E-state index is 14.5. The molecule has 1 aromatic carbocycles. The van der Waals surface area contributed by atoms with Crippen LogP contribution in [0.25, 0.3) is 11.0 Å². The molecule has 10 nitrogen and oxygen atoms in total. The number of ether oxygens (including phenoxy) is 1. The number of aliphatic hydroxyl groups excluding tert-OH is 1. The van der Waals surface area contributed by atoms with Crippen molar-refractivity contribution >= 4 is 56.5 Å². The Morgan fingerprint density at radius 1 is 1.27 bits per heavy atom. The Morgan fingerprint density at radius 2 is 2.08 bits per heavy atom. The highest BCUT2D eigenvalue weighted by Gasteiger charge is 2.76. The average Bonchev–Trinajstić information content (AvgIpc) is 3.66. The van der Waals surface area contributed by atoms with Crippen LogP contribution in [0.5, 0.6) is 0 Å². The first-order valence-electron chi connectivity index (χ1n) is 13.6. The zero-order valence-corrected chi connectivity index (χ0v) is 24.6. The Balaban J connectivity index is 1.50. The summed E-state index contributed by atoms with van der Waals surface area (Å²) in [6.45, 7) is 8.45. The largest absolute Gasteiger partial charge is 0.465 e. The molecule has 0 aliphatic carbocycles. The number of alkyl halides is 1. The summed E-state index contributed by atoms with van der Waals surface area (Å²) in [5.74, 6) is -2.11. The maximum absolute atomic E-state index is 14.5. The number of likely N-dealkylation sites (tertiary alicyclic amines) is 1. The van der Waals surface area contributed by atoms with Crippen molar-refractivity contribution in [2.75, 3.05) is 26.3 Å². The van der Waals surface area contributed by atoms with Crippen molar-refractivity contribution in [3.8, 4) is 0 Å². The van der Waals surface area contributed by atoms with Gasteiger partial charge in [-0.2, -0.15) is 0 Å². The molecule has 4 heterocycles. The first-order chi connectivity index (χ1) is 19.4. The second-order valence-electron chi connectivity index (χ2n) is 10.4. The molecule has 1 spiro atoms. The minimum absolute atomic E-state index is 0.00424. The summed E-state index contributed by atoms with van der Waals surface area (Å²) >= 11 is 5.34. The van der Waals surface area contributed by atoms with Crippen LogP contribution in [0.15, 0.2) is 49.6 Å². The highest BCUT2D eigenvalue weighted by molar-refractivity contribution is 9.09. The lowest BCUT2D eigenvalue weighted by atomic mass is 9.71. The van der Waals surface area contributed by atoms with E-state index in [0.29, 0.717) is 32.2 Å². The summed E-state index contributed by atoms with van der Waals surface area (Å²) in [5, 5.41) is 17.7. The van der Waals surface area contributed by atoms with Crippen molar-refractivity contribution in [3.63, 3.8) is 0 Å². The number of esters is 1. The van der Waals surface area contributed by atoms with E-state index in [0.717, 1.165) is 11.0 Å². The number of carbonyl (C=O) groups is 3. The van der Waals surface area contributed by atoms with Gasteiger partial charge in [-0.25, -0.2) is 4.68 Å². The van der Waals surface area contributed by atoms with E-state index in [-0.39, 0.29) is 48.3 Å². The number of para-hydroxylation sites is 1. The maximum Gasteiger partial charge on any atom is 0.310 e. The van der Waals surface area contributed by atoms with Gasteiger partial charge in [0.1, 0.15) is 18.2 Å². The van der Waals surface area contributed by atoms with Crippen LogP contribution in [0.4, 0.5) is 0 Å². The van der Waals surface area contributed by atoms with E-state index in [1.165, 1.54) is 0 Å². The standard InChI is InChI=1S/C28H34BrN5O5S/c1-3-5-15-39-27(38)21-22-25(36)33(13-8-9-14-35)24(28(22)16-18(29)23(21)40-28)26(37)32(12-4-2)17-34-20-11-7-6-10-19(20)30-31-34/h3-4,6-7,10-11,18,21-24,35H,1-2,5,8-9,12-17H2/t18?,21-,22+,23-,24?,28?/m1/s1. The predicted molar refractivity (Wildman–Crippen MR) is 155 cm³/mol. The number of thioether (sulfide) groups is 1. The van der Waals surface area contributed by atoms with Crippen LogP contribution >= 0.6 is 27.7 Å². The Hall–Kier alpha value is -2.70. The van der Waals surface area contributed by atoms with Gasteiger partial charge >= 0.3 is 5.97 Å². The van der Waals surface area contributed by atoms with Crippen molar-refractivity contribution in [3.05, 3.63) is 49.6 Å². The number of amides is 2. The quantitative estimate of drug-likeness (QED) is 0.155. The number of aromatic nitrogens is 3. The number of unbranched alkanes of at least 4 members (excludes halogenated alkanes) is 1. The molecule has 214 valence electrons. The summed E-state index contributed by atoms with van der Waals surface area (Å²) in [6, 6.07) is 6.75. The molecule has 12 heteroatoms. The fourth-order valence-electron chi connectivity index (χ4n) is 6.38. The van der Waals surface area contributed by atoms with E-state index in [4.69, 9.17) is 4.74 Å². The normalized spacial score (nSPS) is 28.6. The lowest BCUT2D eigenvalue weighted by molar-refractivity contribution is -0.154. The third-order valence-electron chi connectivity index (χ3n) is 8.05. The van der Waals surface area contributed by atoms with Crippen LogP contribution < -0.4 is 0 Å². The molecule has 0 saturated carbocycles. The third-order valence-corrected chi connectivity index (χ3v) is 11.3. The molecule has 3 saturated heterocycles. The number of fused-ring (bicyclic) bond motifs is 2. The van der Waals surface area contributed by atoms with E-state index in [9.17, 15) is 19.5 Å². The fourth-order valence-corrected chi connectivity index (χ4v) is 9.98. The van der Waals surface area contributed by atoms with Gasteiger partial charge in [0.05, 0.1) is 28.7 Å². The molecule has 2 amide bonds. The van der Waals surface area contributed by atoms with Crippen LogP contribution in [-0.2, 0) is 25.8 Å². The first-order valence-corrected chi connectivity index (χ1v) is 15.4. The SMILES string of the molecule is C=CCCOC(=O)[C@H]1[C@@H]2SC3(CC2Br)C(C(=O)N(CC=C)Cn2nnc4ccccc42)N(CCCCO)C(=O)[C@H]13. The van der Waals surface area contributed by atoms with Gasteiger partial charge in [0.2, 0.25) is 11.8 Å². The molecule has 5 rings (SSSR count). The van der Waals surface area contributed by atoms with E-state index in [2.05, 4.69) is 39.4 Å². The topological polar surface area (TPSA) is 118 Å². The predicted octanol–water partition coefficient (Wildman–Crippen LogP) is 2.76. The molecule has 3 aliphatic rings. The van der Waals surface area contributed by atoms with E-state index >= 15 is 0 Å². The molecular weight excluding hydrogens is 598 g/mol. The highest BCUT2D eigenvalue weighted by atomic mass is 79.9. The van der Waals surface area contributed by atoms with Crippen molar-refractivity contribution < 1.29 is 24.2 Å². The van der Waals surface area contributed by atoms with Gasteiger partial charge in [0.15, 0.2) is 0 Å². The van der Waals surface area contributed by atoms with Gasteiger partial charge in [0.25, 0.3) is 0 Å². The van der Waals surface area contributed by atoms with Gasteiger partial charge in [-0.05, 0) is 37.8 Å². The molecule has 2 aromatic rings. The van der Waals surface area contributed by atoms with E-state index in [1.54, 1.807) is 38.4 Å². The number of rotatable bonds is 13. The molecular formula is C28H34BrN5O5S. The fraction of sp³-hybridized carbons (Fsp3) is 0.536. The lowest BCUT2D eigenvalue weighted by Gasteiger charge is -2.37. The second kappa shape index (κ2) is 12.0. The van der Waals surface area contributed by atoms with Crippen LogP contribution in [0.2, 0.25) is 0 Å². The average molecular weight is 633 g/mol. The monoisotopic (exact) mass is 631 g/mol. The molecule has 3 aliphatic heterocycles. The number of carbonyl (C=O) groups excluding carboxylic acids is 3. The number of aliphatic hydroxyl groups is 1. The third kappa shape index (κ3) is 4.87. The van der Waals surface area contributed by atoms with Crippen LogP contribution in [0.1, 0.15) is 25.7 Å². The molecule has 1 N–H and O–H groups in total. The minimum atomic E-state index is -0.780. The Kier molecular flexibility index (Phi) is 8.67. The number of nitrogens with zero attached hydrogens (tertiary/aromatic N) is 5. The number of benzene rings is 1. The van der Waals surface area contributed by atoms with Gasteiger partial charge in [-0.15, -0.1) is 30.0 Å². The second-order valence-corrected chi connectivity index (χ2v) is 13.2. The highest BCUT2D eigenvalue weighted by Crippen LogP contribution is 2.68. The Bertz CT molecular complexity index is 1300. The molecule has 3 unspecified atom stereocenters. The van der Waals surface area contributed by atoms with Crippen molar-refractivity contribution in [1.82, 2.24) is 24.8 Å². The summed E-state index contributed by atoms with van der Waals surface area (Å²) < 4.78 is 6.46. The molecule has 6 atom stereocenters. The van der Waals surface area contributed by atoms with Crippen LogP contribution in [0, 0.1) is 11.8 Å². The molecule has 1 aromatic heterocycles. The number of hydrogen-bond acceptors (Lipinski definition) is 8. The summed E-state index contributed by atoms with van der Waals surface area (Å²) in [4.78, 5) is 45.2. The first kappa shape index (κ1) is 28.8. The van der Waals surface area contributed by atoms with E-state index < -0.39 is 28.6 Å². The van der Waals surface area contributed by atoms with Gasteiger partial charge < -0.3 is 19.6 Å². The zero-order valence-electron chi connectivity index (χ0n) is 22.2. The smallest absolute Gasteiger partial charge is 0.310 e. The van der Waals surface area contributed by atoms with E-state index in [1.807, 2.05) is 24.3 Å². The van der Waals surface area contributed by atoms with Crippen LogP contribution in [-0.4, -0.2) is 94.9 Å². The minimum Gasteiger partial charge on any atom is -0.465 e. The molecule has 3 fully saturated rings. The van der Waals surface area contributed by atoms with Crippen molar-refractivity contribution in [2.45, 2.75) is 53.2 Å². The molecule has 2 bridgehead atoms. The number of hydrogen-bond donors (Lipinski definition) is 1. The summed E-state index contributed by atoms with van der Waals surface area (Å²) in [6.07, 6.45) is 5.50. The summed E-state index contributed by atoms with van der Waals surface area (Å²) in [5.41, 5.74) is 1.51. The van der Waals surface area contributed by atoms with Gasteiger partial charge in [-0.1, -0.05) is 45.4 Å². The summed E-state index contributed by atoms with van der Waals surface area (Å²) in [7, 11) is 0. The Morgan fingerprint density at radius 3 is 2.83 bits per heavy atom. The molecule has 0 radical (unpaired) electrons. The van der Waals surface area contributed by atoms with Crippen LogP contribution in [0.3, 0.4) is 0 Å². The number of halogens is 1. The van der Waals surface area contributed by atoms with Gasteiger partial charge in [0, 0.05) is 29.8 Å².